The van der Waals surface area contributed by atoms with Gasteiger partial charge in [-0.3, -0.25) is 9.98 Å². The van der Waals surface area contributed by atoms with Crippen LogP contribution in [0.4, 0.5) is 0 Å². The third-order valence-corrected chi connectivity index (χ3v) is 6.30. The van der Waals surface area contributed by atoms with E-state index in [2.05, 4.69) is 9.98 Å². The van der Waals surface area contributed by atoms with Crippen molar-refractivity contribution < 1.29 is 39.2 Å². The van der Waals surface area contributed by atoms with Crippen LogP contribution in [0.2, 0.25) is 0 Å². The zero-order chi connectivity index (χ0) is 24.2. The average molecular weight is 558 g/mol. The number of ether oxygens (including phenoxy) is 2. The molecule has 0 bridgehead atoms. The Morgan fingerprint density at radius 2 is 1.11 bits per heavy atom. The van der Waals surface area contributed by atoms with Gasteiger partial charge in [0.1, 0.15) is 11.5 Å². The Hall–Kier alpha value is -3.00. The molecule has 6 nitrogen and oxygen atoms in total. The maximum absolute atomic E-state index is 11.8. The monoisotopic (exact) mass is 556 g/mol. The molecular weight excluding hydrogens is 534 g/mol. The van der Waals surface area contributed by atoms with Crippen LogP contribution in [0.25, 0.3) is 0 Å². The number of rotatable bonds is 8. The average Bonchev–Trinajstić information content (AvgIpc) is 3.56. The Labute approximate surface area is 226 Å². The fraction of sp³-hybridized carbons (Fsp3) is 0.154. The summed E-state index contributed by atoms with van der Waals surface area (Å²) in [6.07, 6.45) is 3.20. The first-order valence-corrected chi connectivity index (χ1v) is 12.1. The van der Waals surface area contributed by atoms with Crippen LogP contribution in [0, 0.1) is 0 Å². The molecule has 4 rings (SSSR count). The third-order valence-electron chi connectivity index (χ3n) is 4.57. The van der Waals surface area contributed by atoms with E-state index in [-0.39, 0.29) is 31.0 Å². The number of hydrogen-bond donors (Lipinski definition) is 0. The van der Waals surface area contributed by atoms with Crippen LogP contribution in [0.1, 0.15) is 20.9 Å². The molecule has 0 spiro atoms. The van der Waals surface area contributed by atoms with Gasteiger partial charge in [-0.1, -0.05) is 47.9 Å². The predicted molar refractivity (Wildman–Crippen MR) is 136 cm³/mol. The molecule has 0 radical (unpaired) electrons. The largest absolute Gasteiger partial charge is 2.00 e. The van der Waals surface area contributed by atoms with Crippen molar-refractivity contribution in [3.05, 3.63) is 92.3 Å². The van der Waals surface area contributed by atoms with E-state index in [9.17, 15) is 10.2 Å². The molecule has 0 N–H and O–H groups in total. The van der Waals surface area contributed by atoms with E-state index in [4.69, 9.17) is 9.47 Å². The minimum atomic E-state index is -0.120. The van der Waals surface area contributed by atoms with Crippen LogP contribution in [-0.4, -0.2) is 26.6 Å². The molecule has 2 heterocycles. The van der Waals surface area contributed by atoms with E-state index < -0.39 is 0 Å². The molecule has 0 aliphatic rings. The molecule has 35 heavy (non-hydrogen) atoms. The van der Waals surface area contributed by atoms with Gasteiger partial charge < -0.3 is 19.7 Å². The molecule has 0 saturated heterocycles. The number of methoxy groups -OCH3 is 2. The molecule has 0 amide bonds. The molecule has 176 valence electrons. The molecule has 0 atom stereocenters. The summed E-state index contributed by atoms with van der Waals surface area (Å²) < 4.78 is 9.93. The zero-order valence-corrected chi connectivity index (χ0v) is 24.1. The van der Waals surface area contributed by atoms with Crippen molar-refractivity contribution >= 4 is 35.1 Å². The Bertz CT molecular complexity index is 1110. The van der Waals surface area contributed by atoms with Crippen molar-refractivity contribution in [1.29, 1.82) is 0 Å². The summed E-state index contributed by atoms with van der Waals surface area (Å²) in [6, 6.07) is 18.4. The second kappa shape index (κ2) is 15.1. The number of para-hydroxylation sites is 2. The van der Waals surface area contributed by atoms with Crippen molar-refractivity contribution in [2.75, 3.05) is 14.2 Å². The Morgan fingerprint density at radius 3 is 1.46 bits per heavy atom. The molecule has 0 aliphatic heterocycles. The molecular formula is C26H24N2O4S2Zn. The van der Waals surface area contributed by atoms with E-state index in [1.54, 1.807) is 71.5 Å². The zero-order valence-electron chi connectivity index (χ0n) is 19.5. The molecule has 0 fully saturated rings. The summed E-state index contributed by atoms with van der Waals surface area (Å²) >= 11 is 3.31. The van der Waals surface area contributed by atoms with Gasteiger partial charge in [0.25, 0.3) is 0 Å². The standard InChI is InChI=1S/2C13H13NO2S.Zn/c2*1-16-12-6-2-4-10(13(12)15)8-14-9-11-5-3-7-17-11;/h2*2-8,15H,9H2,1H3;/q;;+2/p-2. The van der Waals surface area contributed by atoms with Crippen molar-refractivity contribution in [1.82, 2.24) is 0 Å². The van der Waals surface area contributed by atoms with Crippen molar-refractivity contribution in [3.8, 4) is 23.0 Å². The van der Waals surface area contributed by atoms with Gasteiger partial charge in [0.15, 0.2) is 0 Å². The van der Waals surface area contributed by atoms with E-state index >= 15 is 0 Å². The SMILES string of the molecule is COc1cccc(C=NCc2cccs2)c1[O-].COc1cccc(C=NCc2cccs2)c1[O-].[Zn+2]. The minimum absolute atomic E-state index is 0. The van der Waals surface area contributed by atoms with Gasteiger partial charge >= 0.3 is 19.5 Å². The second-order valence-electron chi connectivity index (χ2n) is 6.86. The predicted octanol–water partition coefficient (Wildman–Crippen LogP) is 4.90. The molecule has 2 aromatic carbocycles. The van der Waals surface area contributed by atoms with Crippen LogP contribution in [0.3, 0.4) is 0 Å². The summed E-state index contributed by atoms with van der Waals surface area (Å²) in [7, 11) is 2.98. The molecule has 9 heteroatoms. The van der Waals surface area contributed by atoms with Gasteiger partial charge in [-0.05, 0) is 46.2 Å². The normalized spacial score (nSPS) is 10.6. The van der Waals surface area contributed by atoms with Crippen LogP contribution >= 0.6 is 22.7 Å². The van der Waals surface area contributed by atoms with Crippen LogP contribution in [-0.2, 0) is 32.6 Å². The fourth-order valence-electron chi connectivity index (χ4n) is 2.86. The second-order valence-corrected chi connectivity index (χ2v) is 8.92. The summed E-state index contributed by atoms with van der Waals surface area (Å²) in [5.41, 5.74) is 1.11. The first-order valence-electron chi connectivity index (χ1n) is 10.3. The van der Waals surface area contributed by atoms with E-state index in [1.165, 1.54) is 24.0 Å². The van der Waals surface area contributed by atoms with Gasteiger partial charge in [0.2, 0.25) is 0 Å². The van der Waals surface area contributed by atoms with Crippen molar-refractivity contribution in [3.63, 3.8) is 0 Å². The number of benzene rings is 2. The van der Waals surface area contributed by atoms with Gasteiger partial charge in [-0.25, -0.2) is 0 Å². The Morgan fingerprint density at radius 1 is 0.686 bits per heavy atom. The molecule has 2 aromatic heterocycles. The number of nitrogens with zero attached hydrogens (tertiary/aromatic N) is 2. The number of hydrogen-bond acceptors (Lipinski definition) is 8. The summed E-state index contributed by atoms with van der Waals surface area (Å²) in [6.45, 7) is 1.21. The summed E-state index contributed by atoms with van der Waals surface area (Å²) in [5, 5.41) is 27.6. The maximum atomic E-state index is 11.8. The van der Waals surface area contributed by atoms with Crippen LogP contribution < -0.4 is 19.7 Å². The topological polar surface area (TPSA) is 89.3 Å². The Kier molecular flexibility index (Phi) is 12.2. The van der Waals surface area contributed by atoms with E-state index in [1.807, 2.05) is 35.0 Å². The van der Waals surface area contributed by atoms with Gasteiger partial charge in [-0.2, -0.15) is 0 Å². The summed E-state index contributed by atoms with van der Waals surface area (Å²) in [4.78, 5) is 10.9. The smallest absolute Gasteiger partial charge is 0.870 e. The van der Waals surface area contributed by atoms with Gasteiger partial charge in [-0.15, -0.1) is 22.7 Å². The molecule has 0 unspecified atom stereocenters. The number of aliphatic imine (C=N–C) groups is 2. The van der Waals surface area contributed by atoms with Gasteiger partial charge in [0.05, 0.1) is 27.3 Å². The quantitative estimate of drug-likeness (QED) is 0.228. The van der Waals surface area contributed by atoms with Crippen LogP contribution in [0.15, 0.2) is 81.4 Å². The van der Waals surface area contributed by atoms with Crippen molar-refractivity contribution in [2.24, 2.45) is 9.98 Å². The maximum Gasteiger partial charge on any atom is 2.00 e. The van der Waals surface area contributed by atoms with E-state index in [0.29, 0.717) is 35.7 Å². The van der Waals surface area contributed by atoms with Gasteiger partial charge in [0, 0.05) is 22.2 Å². The van der Waals surface area contributed by atoms with Crippen molar-refractivity contribution in [2.45, 2.75) is 13.1 Å². The Balaban J connectivity index is 0.000000240. The fourth-order valence-corrected chi connectivity index (χ4v) is 4.14. The molecule has 0 saturated carbocycles. The molecule has 4 aromatic rings. The first kappa shape index (κ1) is 28.2. The van der Waals surface area contributed by atoms with E-state index in [0.717, 1.165) is 0 Å². The third kappa shape index (κ3) is 8.62. The molecule has 0 aliphatic carbocycles. The number of thiophene rings is 2. The summed E-state index contributed by atoms with van der Waals surface area (Å²) in [5.74, 6) is 0.463. The minimum Gasteiger partial charge on any atom is -0.870 e. The van der Waals surface area contributed by atoms with Crippen LogP contribution in [0.5, 0.6) is 23.0 Å². The first-order chi connectivity index (χ1) is 16.6.